The fourth-order valence-corrected chi connectivity index (χ4v) is 2.54. The summed E-state index contributed by atoms with van der Waals surface area (Å²) in [6.07, 6.45) is 0.552. The number of hydrogen-bond donors (Lipinski definition) is 2. The number of phenolic OH excluding ortho intramolecular Hbond substituents is 1. The number of nitrogens with zero attached hydrogens (tertiary/aromatic N) is 2. The fraction of sp³-hybridized carbons (Fsp3) is 0.231. The third-order valence-electron chi connectivity index (χ3n) is 2.71. The lowest BCUT2D eigenvalue weighted by molar-refractivity contribution is -0.385. The number of aromatic nitrogens is 1. The number of nitro benzene ring substituents is 1. The van der Waals surface area contributed by atoms with Crippen molar-refractivity contribution in [2.45, 2.75) is 13.3 Å². The number of aromatic hydroxyl groups is 1. The molecule has 1 heterocycles. The Morgan fingerprint density at radius 2 is 2.29 bits per heavy atom. The highest BCUT2D eigenvalue weighted by Gasteiger charge is 2.20. The van der Waals surface area contributed by atoms with E-state index in [1.54, 1.807) is 0 Å². The topological polar surface area (TPSA) is 105 Å². The van der Waals surface area contributed by atoms with E-state index in [0.717, 1.165) is 22.8 Å². The minimum atomic E-state index is -0.654. The van der Waals surface area contributed by atoms with Crippen molar-refractivity contribution in [2.75, 3.05) is 6.54 Å². The molecular weight excluding hydrogens is 294 g/mol. The molecule has 7 nitrogen and oxygen atoms in total. The molecule has 0 saturated heterocycles. The van der Waals surface area contributed by atoms with E-state index in [9.17, 15) is 20.0 Å². The summed E-state index contributed by atoms with van der Waals surface area (Å²) in [6.45, 7) is 2.20. The molecule has 0 fully saturated rings. The Balaban J connectivity index is 2.03. The van der Waals surface area contributed by atoms with E-state index in [1.807, 2.05) is 12.3 Å². The lowest BCUT2D eigenvalue weighted by atomic mass is 10.1. The number of carbonyl (C=O) groups excluding carboxylic acids is 1. The minimum absolute atomic E-state index is 0.157. The SMILES string of the molecule is Cc1csc(CCNC(=O)c2cc(O)ccc2[N+](=O)[O-])n1. The lowest BCUT2D eigenvalue weighted by Crippen LogP contribution is -2.26. The first kappa shape index (κ1) is 14.9. The third kappa shape index (κ3) is 3.76. The van der Waals surface area contributed by atoms with E-state index in [4.69, 9.17) is 0 Å². The molecule has 1 aromatic carbocycles. The molecule has 1 aromatic heterocycles. The largest absolute Gasteiger partial charge is 0.508 e. The molecule has 21 heavy (non-hydrogen) atoms. The van der Waals surface area contributed by atoms with Crippen LogP contribution in [0.3, 0.4) is 0 Å². The molecule has 2 rings (SSSR count). The summed E-state index contributed by atoms with van der Waals surface area (Å²) in [7, 11) is 0. The number of aryl methyl sites for hydroxylation is 1. The van der Waals surface area contributed by atoms with Crippen molar-refractivity contribution in [3.05, 3.63) is 50.0 Å². The predicted octanol–water partition coefficient (Wildman–Crippen LogP) is 2.04. The standard InChI is InChI=1S/C13H13N3O4S/c1-8-7-21-12(15-8)4-5-14-13(18)10-6-9(17)2-3-11(10)16(19)20/h2-3,6-7,17H,4-5H2,1H3,(H,14,18). The number of phenols is 1. The van der Waals surface area contributed by atoms with Crippen LogP contribution in [0.15, 0.2) is 23.6 Å². The summed E-state index contributed by atoms with van der Waals surface area (Å²) < 4.78 is 0. The van der Waals surface area contributed by atoms with Gasteiger partial charge in [0.05, 0.1) is 9.93 Å². The van der Waals surface area contributed by atoms with Crippen LogP contribution in [0.2, 0.25) is 0 Å². The Kier molecular flexibility index (Phi) is 4.49. The second-order valence-corrected chi connectivity index (χ2v) is 5.29. The van der Waals surface area contributed by atoms with Crippen molar-refractivity contribution in [1.82, 2.24) is 10.3 Å². The second-order valence-electron chi connectivity index (χ2n) is 4.35. The molecule has 0 spiro atoms. The van der Waals surface area contributed by atoms with Gasteiger partial charge in [0.2, 0.25) is 0 Å². The maximum absolute atomic E-state index is 12.0. The van der Waals surface area contributed by atoms with E-state index in [-0.39, 0.29) is 17.0 Å². The Labute approximate surface area is 124 Å². The van der Waals surface area contributed by atoms with Crippen molar-refractivity contribution < 1.29 is 14.8 Å². The Hall–Kier alpha value is -2.48. The minimum Gasteiger partial charge on any atom is -0.508 e. The molecule has 0 aliphatic rings. The highest BCUT2D eigenvalue weighted by Crippen LogP contribution is 2.23. The van der Waals surface area contributed by atoms with Crippen molar-refractivity contribution in [3.8, 4) is 5.75 Å². The van der Waals surface area contributed by atoms with Crippen molar-refractivity contribution in [3.63, 3.8) is 0 Å². The maximum atomic E-state index is 12.0. The van der Waals surface area contributed by atoms with Gasteiger partial charge in [0.1, 0.15) is 11.3 Å². The van der Waals surface area contributed by atoms with Crippen molar-refractivity contribution in [1.29, 1.82) is 0 Å². The summed E-state index contributed by atoms with van der Waals surface area (Å²) in [6, 6.07) is 3.36. The summed E-state index contributed by atoms with van der Waals surface area (Å²) in [5.74, 6) is -0.785. The van der Waals surface area contributed by atoms with Crippen LogP contribution in [0.4, 0.5) is 5.69 Å². The first-order valence-corrected chi connectivity index (χ1v) is 7.02. The maximum Gasteiger partial charge on any atom is 0.282 e. The smallest absolute Gasteiger partial charge is 0.282 e. The summed E-state index contributed by atoms with van der Waals surface area (Å²) >= 11 is 1.50. The molecule has 0 bridgehead atoms. The normalized spacial score (nSPS) is 10.3. The van der Waals surface area contributed by atoms with E-state index in [0.29, 0.717) is 13.0 Å². The number of amides is 1. The van der Waals surface area contributed by atoms with Gasteiger partial charge in [-0.3, -0.25) is 14.9 Å². The summed E-state index contributed by atoms with van der Waals surface area (Å²) in [4.78, 5) is 26.4. The van der Waals surface area contributed by atoms with Gasteiger partial charge in [-0.2, -0.15) is 0 Å². The quantitative estimate of drug-likeness (QED) is 0.649. The van der Waals surface area contributed by atoms with E-state index in [2.05, 4.69) is 10.3 Å². The molecule has 0 unspecified atom stereocenters. The Morgan fingerprint density at radius 1 is 1.52 bits per heavy atom. The van der Waals surface area contributed by atoms with Crippen molar-refractivity contribution >= 4 is 22.9 Å². The van der Waals surface area contributed by atoms with E-state index < -0.39 is 10.8 Å². The van der Waals surface area contributed by atoms with Gasteiger partial charge >= 0.3 is 0 Å². The van der Waals surface area contributed by atoms with Crippen molar-refractivity contribution in [2.24, 2.45) is 0 Å². The zero-order valence-electron chi connectivity index (χ0n) is 11.2. The number of carbonyl (C=O) groups is 1. The Morgan fingerprint density at radius 3 is 2.90 bits per heavy atom. The van der Waals surface area contributed by atoms with Crippen LogP contribution >= 0.6 is 11.3 Å². The molecule has 2 N–H and O–H groups in total. The number of rotatable bonds is 5. The molecule has 110 valence electrons. The third-order valence-corrected chi connectivity index (χ3v) is 3.74. The molecule has 0 aliphatic carbocycles. The average Bonchev–Trinajstić information content (AvgIpc) is 2.84. The summed E-state index contributed by atoms with van der Waals surface area (Å²) in [5.41, 5.74) is 0.427. The highest BCUT2D eigenvalue weighted by molar-refractivity contribution is 7.09. The van der Waals surface area contributed by atoms with Crippen LogP contribution in [0.25, 0.3) is 0 Å². The van der Waals surface area contributed by atoms with Gasteiger partial charge in [-0.1, -0.05) is 0 Å². The molecule has 0 radical (unpaired) electrons. The molecule has 0 aliphatic heterocycles. The fourth-order valence-electron chi connectivity index (χ4n) is 1.76. The lowest BCUT2D eigenvalue weighted by Gasteiger charge is -2.05. The van der Waals surface area contributed by atoms with E-state index in [1.165, 1.54) is 17.4 Å². The highest BCUT2D eigenvalue weighted by atomic mass is 32.1. The predicted molar refractivity (Wildman–Crippen MR) is 77.6 cm³/mol. The van der Waals surface area contributed by atoms with Gasteiger partial charge in [-0.15, -0.1) is 11.3 Å². The van der Waals surface area contributed by atoms with Crippen LogP contribution in [0, 0.1) is 17.0 Å². The zero-order chi connectivity index (χ0) is 15.4. The number of thiazole rings is 1. The summed E-state index contributed by atoms with van der Waals surface area (Å²) in [5, 5.41) is 25.6. The van der Waals surface area contributed by atoms with Crippen LogP contribution in [-0.4, -0.2) is 27.5 Å². The molecule has 0 saturated carbocycles. The first-order valence-electron chi connectivity index (χ1n) is 6.14. The zero-order valence-corrected chi connectivity index (χ0v) is 12.0. The van der Waals surface area contributed by atoms with Gasteiger partial charge in [-0.25, -0.2) is 4.98 Å². The average molecular weight is 307 g/mol. The molecule has 8 heteroatoms. The number of nitro groups is 1. The second kappa shape index (κ2) is 6.31. The van der Waals surface area contributed by atoms with Gasteiger partial charge in [-0.05, 0) is 19.1 Å². The number of nitrogens with one attached hydrogen (secondary N) is 1. The molecule has 1 amide bonds. The molecule has 2 aromatic rings. The van der Waals surface area contributed by atoms with Crippen LogP contribution in [-0.2, 0) is 6.42 Å². The van der Waals surface area contributed by atoms with Crippen LogP contribution < -0.4 is 5.32 Å². The van der Waals surface area contributed by atoms with Gasteiger partial charge in [0.15, 0.2) is 0 Å². The Bertz CT molecular complexity index is 684. The molecular formula is C13H13N3O4S. The van der Waals surface area contributed by atoms with Gasteiger partial charge < -0.3 is 10.4 Å². The number of hydrogen-bond acceptors (Lipinski definition) is 6. The molecule has 0 atom stereocenters. The number of benzene rings is 1. The monoisotopic (exact) mass is 307 g/mol. The first-order chi connectivity index (χ1) is 9.97. The van der Waals surface area contributed by atoms with Gasteiger partial charge in [0, 0.05) is 30.1 Å². The van der Waals surface area contributed by atoms with Crippen LogP contribution in [0.5, 0.6) is 5.75 Å². The van der Waals surface area contributed by atoms with E-state index >= 15 is 0 Å². The van der Waals surface area contributed by atoms with Crippen LogP contribution in [0.1, 0.15) is 21.1 Å². The van der Waals surface area contributed by atoms with Gasteiger partial charge in [0.25, 0.3) is 11.6 Å².